The lowest BCUT2D eigenvalue weighted by molar-refractivity contribution is 0.491. The van der Waals surface area contributed by atoms with E-state index in [4.69, 9.17) is 5.73 Å². The molecule has 0 radical (unpaired) electrons. The topological polar surface area (TPSA) is 69.6 Å². The van der Waals surface area contributed by atoms with Crippen LogP contribution in [0.15, 0.2) is 28.6 Å². The molecule has 2 aromatic rings. The molecule has 17 heavy (non-hydrogen) atoms. The Morgan fingerprint density at radius 3 is 2.53 bits per heavy atom. The van der Waals surface area contributed by atoms with Crippen molar-refractivity contribution in [3.63, 3.8) is 0 Å². The van der Waals surface area contributed by atoms with Gasteiger partial charge in [-0.15, -0.1) is 0 Å². The smallest absolute Gasteiger partial charge is 0.193 e. The maximum atomic E-state index is 6.03. The summed E-state index contributed by atoms with van der Waals surface area (Å²) in [5.41, 5.74) is 7.58. The summed E-state index contributed by atoms with van der Waals surface area (Å²) < 4.78 is 1.91. The van der Waals surface area contributed by atoms with Gasteiger partial charge in [0.15, 0.2) is 5.16 Å². The fourth-order valence-corrected chi connectivity index (χ4v) is 2.42. The normalized spacial score (nSPS) is 11.1. The molecular formula is C11H15N5S. The number of rotatable bonds is 3. The van der Waals surface area contributed by atoms with Crippen molar-refractivity contribution >= 4 is 17.4 Å². The second-order valence-electron chi connectivity index (χ2n) is 3.98. The number of anilines is 1. The summed E-state index contributed by atoms with van der Waals surface area (Å²) in [6.45, 7) is 6.05. The van der Waals surface area contributed by atoms with Crippen molar-refractivity contribution in [1.29, 1.82) is 0 Å². The molecule has 90 valence electrons. The zero-order valence-corrected chi connectivity index (χ0v) is 10.9. The Balaban J connectivity index is 2.38. The van der Waals surface area contributed by atoms with E-state index >= 15 is 0 Å². The summed E-state index contributed by atoms with van der Waals surface area (Å²) in [5.74, 6) is 0. The third-order valence-corrected chi connectivity index (χ3v) is 3.30. The molecular weight excluding hydrogens is 234 g/mol. The molecule has 2 rings (SSSR count). The van der Waals surface area contributed by atoms with Gasteiger partial charge < -0.3 is 5.73 Å². The van der Waals surface area contributed by atoms with E-state index in [9.17, 15) is 0 Å². The molecule has 0 amide bonds. The highest BCUT2D eigenvalue weighted by molar-refractivity contribution is 7.99. The molecule has 0 saturated carbocycles. The summed E-state index contributed by atoms with van der Waals surface area (Å²) in [4.78, 5) is 8.36. The van der Waals surface area contributed by atoms with Crippen LogP contribution >= 0.6 is 11.8 Å². The van der Waals surface area contributed by atoms with Crippen molar-refractivity contribution in [2.75, 3.05) is 5.73 Å². The molecule has 0 saturated heterocycles. The highest BCUT2D eigenvalue weighted by Gasteiger charge is 2.16. The fraction of sp³-hybridized carbons (Fsp3) is 0.364. The van der Waals surface area contributed by atoms with Gasteiger partial charge in [-0.2, -0.15) is 5.10 Å². The van der Waals surface area contributed by atoms with Crippen molar-refractivity contribution in [3.05, 3.63) is 24.2 Å². The van der Waals surface area contributed by atoms with Crippen molar-refractivity contribution in [3.8, 4) is 0 Å². The number of aromatic nitrogens is 4. The Kier molecular flexibility index (Phi) is 3.33. The first-order valence-electron chi connectivity index (χ1n) is 5.39. The standard InChI is InChI=1S/C11H15N5S/c1-7(2)16-10(9(12)8(3)15-16)17-11-13-5-4-6-14-11/h4-7H,12H2,1-3H3. The first kappa shape index (κ1) is 11.9. The van der Waals surface area contributed by atoms with Crippen LogP contribution in [0.4, 0.5) is 5.69 Å². The second kappa shape index (κ2) is 4.75. The minimum Gasteiger partial charge on any atom is -0.395 e. The van der Waals surface area contributed by atoms with Crippen LogP contribution in [0.3, 0.4) is 0 Å². The summed E-state index contributed by atoms with van der Waals surface area (Å²) >= 11 is 1.44. The fourth-order valence-electron chi connectivity index (χ4n) is 1.42. The molecule has 0 atom stereocenters. The van der Waals surface area contributed by atoms with Crippen molar-refractivity contribution in [2.45, 2.75) is 37.0 Å². The monoisotopic (exact) mass is 249 g/mol. The SMILES string of the molecule is Cc1nn(C(C)C)c(Sc2ncccn2)c1N. The van der Waals surface area contributed by atoms with Crippen molar-refractivity contribution < 1.29 is 0 Å². The van der Waals surface area contributed by atoms with Crippen molar-refractivity contribution in [1.82, 2.24) is 19.7 Å². The van der Waals surface area contributed by atoms with E-state index in [1.54, 1.807) is 18.5 Å². The molecule has 0 unspecified atom stereocenters. The lowest BCUT2D eigenvalue weighted by Crippen LogP contribution is -2.05. The Labute approximate surface area is 104 Å². The maximum Gasteiger partial charge on any atom is 0.193 e. The van der Waals surface area contributed by atoms with Gasteiger partial charge >= 0.3 is 0 Å². The first-order chi connectivity index (χ1) is 8.09. The van der Waals surface area contributed by atoms with Crippen LogP contribution in [0.25, 0.3) is 0 Å². The lowest BCUT2D eigenvalue weighted by Gasteiger charge is -2.09. The summed E-state index contributed by atoms with van der Waals surface area (Å²) in [5, 5.41) is 6.01. The van der Waals surface area contributed by atoms with Gasteiger partial charge in [0.05, 0.1) is 11.4 Å². The molecule has 5 nitrogen and oxygen atoms in total. The summed E-state index contributed by atoms with van der Waals surface area (Å²) in [6.07, 6.45) is 3.43. The van der Waals surface area contributed by atoms with Crippen LogP contribution in [0.1, 0.15) is 25.6 Å². The van der Waals surface area contributed by atoms with Gasteiger partial charge in [0, 0.05) is 18.4 Å². The minimum atomic E-state index is 0.261. The zero-order valence-electron chi connectivity index (χ0n) is 10.1. The Morgan fingerprint density at radius 2 is 1.94 bits per heavy atom. The Hall–Kier alpha value is -1.56. The van der Waals surface area contributed by atoms with Crippen molar-refractivity contribution in [2.24, 2.45) is 0 Å². The number of nitrogens with zero attached hydrogens (tertiary/aromatic N) is 4. The Morgan fingerprint density at radius 1 is 1.29 bits per heavy atom. The average Bonchev–Trinajstić information content (AvgIpc) is 2.59. The molecule has 0 bridgehead atoms. The van der Waals surface area contributed by atoms with E-state index in [0.717, 1.165) is 10.7 Å². The molecule has 0 aliphatic carbocycles. The van der Waals surface area contributed by atoms with E-state index in [1.165, 1.54) is 11.8 Å². The number of nitrogen functional groups attached to an aromatic ring is 1. The molecule has 0 aromatic carbocycles. The van der Waals surface area contributed by atoms with E-state index in [-0.39, 0.29) is 6.04 Å². The highest BCUT2D eigenvalue weighted by Crippen LogP contribution is 2.33. The predicted octanol–water partition coefficient (Wildman–Crippen LogP) is 2.30. The van der Waals surface area contributed by atoms with Gasteiger partial charge in [0.25, 0.3) is 0 Å². The number of aryl methyl sites for hydroxylation is 1. The lowest BCUT2D eigenvalue weighted by atomic mass is 10.4. The quantitative estimate of drug-likeness (QED) is 0.845. The van der Waals surface area contributed by atoms with Gasteiger partial charge in [0.1, 0.15) is 5.03 Å². The van der Waals surface area contributed by atoms with E-state index < -0.39 is 0 Å². The van der Waals surface area contributed by atoms with E-state index in [0.29, 0.717) is 10.8 Å². The summed E-state index contributed by atoms with van der Waals surface area (Å²) in [6, 6.07) is 2.05. The summed E-state index contributed by atoms with van der Waals surface area (Å²) in [7, 11) is 0. The van der Waals surface area contributed by atoms with Crippen LogP contribution in [0.5, 0.6) is 0 Å². The average molecular weight is 249 g/mol. The largest absolute Gasteiger partial charge is 0.395 e. The number of hydrogen-bond acceptors (Lipinski definition) is 5. The third kappa shape index (κ3) is 2.41. The minimum absolute atomic E-state index is 0.261. The predicted molar refractivity (Wildman–Crippen MR) is 67.9 cm³/mol. The molecule has 0 aliphatic rings. The first-order valence-corrected chi connectivity index (χ1v) is 6.20. The maximum absolute atomic E-state index is 6.03. The van der Waals surface area contributed by atoms with Gasteiger partial charge in [-0.1, -0.05) is 0 Å². The van der Waals surface area contributed by atoms with Crippen LogP contribution in [0.2, 0.25) is 0 Å². The van der Waals surface area contributed by atoms with Crippen LogP contribution < -0.4 is 5.73 Å². The molecule has 0 aliphatic heterocycles. The van der Waals surface area contributed by atoms with Gasteiger partial charge in [-0.25, -0.2) is 9.97 Å². The molecule has 6 heteroatoms. The molecule has 2 aromatic heterocycles. The number of nitrogens with two attached hydrogens (primary N) is 1. The molecule has 0 spiro atoms. The zero-order chi connectivity index (χ0) is 12.4. The Bertz CT molecular complexity index is 506. The number of hydrogen-bond donors (Lipinski definition) is 1. The molecule has 2 N–H and O–H groups in total. The van der Waals surface area contributed by atoms with Crippen LogP contribution in [-0.2, 0) is 0 Å². The van der Waals surface area contributed by atoms with Gasteiger partial charge in [-0.05, 0) is 38.6 Å². The third-order valence-electron chi connectivity index (χ3n) is 2.31. The highest BCUT2D eigenvalue weighted by atomic mass is 32.2. The second-order valence-corrected chi connectivity index (χ2v) is 4.93. The van der Waals surface area contributed by atoms with Crippen LogP contribution in [0, 0.1) is 6.92 Å². The molecule has 0 fully saturated rings. The van der Waals surface area contributed by atoms with E-state index in [1.807, 2.05) is 11.6 Å². The van der Waals surface area contributed by atoms with Gasteiger partial charge in [-0.3, -0.25) is 4.68 Å². The molecule has 2 heterocycles. The van der Waals surface area contributed by atoms with Gasteiger partial charge in [0.2, 0.25) is 0 Å². The van der Waals surface area contributed by atoms with Crippen LogP contribution in [-0.4, -0.2) is 19.7 Å². The van der Waals surface area contributed by atoms with E-state index in [2.05, 4.69) is 28.9 Å².